The first-order chi connectivity index (χ1) is 5.81. The van der Waals surface area contributed by atoms with Crippen LogP contribution >= 0.6 is 0 Å². The van der Waals surface area contributed by atoms with E-state index >= 15 is 0 Å². The molecule has 0 aromatic carbocycles. The summed E-state index contributed by atoms with van der Waals surface area (Å²) in [5.41, 5.74) is 0. The van der Waals surface area contributed by atoms with E-state index in [1.165, 1.54) is 6.08 Å². The lowest BCUT2D eigenvalue weighted by Gasteiger charge is -1.93. The minimum Gasteiger partial charge on any atom is -0.458 e. The van der Waals surface area contributed by atoms with Gasteiger partial charge in [0.2, 0.25) is 0 Å². The van der Waals surface area contributed by atoms with Crippen molar-refractivity contribution in [2.24, 2.45) is 0 Å². The van der Waals surface area contributed by atoms with E-state index in [9.17, 15) is 9.59 Å². The summed E-state index contributed by atoms with van der Waals surface area (Å²) in [4.78, 5) is 20.2. The van der Waals surface area contributed by atoms with Gasteiger partial charge >= 0.3 is 5.97 Å². The summed E-state index contributed by atoms with van der Waals surface area (Å²) in [7, 11) is 0. The number of ether oxygens (including phenoxy) is 1. The summed E-state index contributed by atoms with van der Waals surface area (Å²) < 4.78 is 4.61. The highest BCUT2D eigenvalue weighted by molar-refractivity contribution is 5.81. The fourth-order valence-electron chi connectivity index (χ4n) is 0.433. The Morgan fingerprint density at radius 1 is 1.33 bits per heavy atom. The van der Waals surface area contributed by atoms with Crippen LogP contribution in [0.3, 0.4) is 0 Å². The van der Waals surface area contributed by atoms with Gasteiger partial charge in [-0.1, -0.05) is 18.7 Å². The Bertz CT molecular complexity index is 214. The van der Waals surface area contributed by atoms with Gasteiger partial charge in [0, 0.05) is 6.08 Å². The highest BCUT2D eigenvalue weighted by atomic mass is 16.5. The van der Waals surface area contributed by atoms with Gasteiger partial charge in [-0.15, -0.1) is 0 Å². The Balaban J connectivity index is 3.48. The van der Waals surface area contributed by atoms with Gasteiger partial charge in [0.15, 0.2) is 0 Å². The van der Waals surface area contributed by atoms with Crippen LogP contribution in [0.4, 0.5) is 0 Å². The number of carbonyl (C=O) groups is 2. The number of carbonyl (C=O) groups excluding carboxylic acids is 2. The van der Waals surface area contributed by atoms with Crippen LogP contribution in [0.1, 0.15) is 0 Å². The van der Waals surface area contributed by atoms with Crippen molar-refractivity contribution < 1.29 is 14.3 Å². The molecule has 3 nitrogen and oxygen atoms in total. The molecule has 0 aliphatic carbocycles. The van der Waals surface area contributed by atoms with Crippen LogP contribution in [0.25, 0.3) is 0 Å². The molecule has 0 radical (unpaired) electrons. The average Bonchev–Trinajstić information content (AvgIpc) is 2.10. The molecule has 0 aliphatic heterocycles. The Kier molecular flexibility index (Phi) is 6.45. The zero-order valence-electron chi connectivity index (χ0n) is 6.60. The molecule has 0 fully saturated rings. The molecule has 0 N–H and O–H groups in total. The van der Waals surface area contributed by atoms with E-state index in [-0.39, 0.29) is 6.61 Å². The number of hydrogen-bond acceptors (Lipinski definition) is 3. The molecule has 0 unspecified atom stereocenters. The molecule has 12 heavy (non-hydrogen) atoms. The third-order valence-corrected chi connectivity index (χ3v) is 0.925. The van der Waals surface area contributed by atoms with E-state index in [1.54, 1.807) is 18.2 Å². The molecule has 0 aromatic heterocycles. The largest absolute Gasteiger partial charge is 0.458 e. The number of esters is 1. The second-order valence-electron chi connectivity index (χ2n) is 1.78. The van der Waals surface area contributed by atoms with Crippen LogP contribution in [-0.4, -0.2) is 18.9 Å². The second kappa shape index (κ2) is 7.47. The molecule has 0 aliphatic rings. The standard InChI is InChI=1S/C9H10O3/c1-2-9(11)12-8-6-4-3-5-7-10/h2-7H,1,8H2. The summed E-state index contributed by atoms with van der Waals surface area (Å²) in [6, 6.07) is 0. The fourth-order valence-corrected chi connectivity index (χ4v) is 0.433. The molecular formula is C9H10O3. The normalized spacial score (nSPS) is 10.3. The topological polar surface area (TPSA) is 43.4 Å². The van der Waals surface area contributed by atoms with Crippen molar-refractivity contribution in [2.75, 3.05) is 6.61 Å². The molecule has 0 saturated carbocycles. The number of rotatable bonds is 5. The monoisotopic (exact) mass is 166 g/mol. The lowest BCUT2D eigenvalue weighted by molar-refractivity contribution is -0.136. The lowest BCUT2D eigenvalue weighted by Crippen LogP contribution is -1.98. The van der Waals surface area contributed by atoms with Gasteiger partial charge in [-0.3, -0.25) is 4.79 Å². The van der Waals surface area contributed by atoms with Crippen molar-refractivity contribution in [1.82, 2.24) is 0 Å². The van der Waals surface area contributed by atoms with Crippen LogP contribution < -0.4 is 0 Å². The average molecular weight is 166 g/mol. The molecule has 0 bridgehead atoms. The zero-order valence-corrected chi connectivity index (χ0v) is 6.60. The lowest BCUT2D eigenvalue weighted by atomic mass is 10.4. The van der Waals surface area contributed by atoms with E-state index in [4.69, 9.17) is 0 Å². The van der Waals surface area contributed by atoms with Gasteiger partial charge in [0.05, 0.1) is 0 Å². The van der Waals surface area contributed by atoms with Gasteiger partial charge < -0.3 is 4.74 Å². The highest BCUT2D eigenvalue weighted by Gasteiger charge is 1.88. The van der Waals surface area contributed by atoms with Crippen molar-refractivity contribution >= 4 is 12.3 Å². The Morgan fingerprint density at radius 2 is 2.08 bits per heavy atom. The molecule has 0 rings (SSSR count). The quantitative estimate of drug-likeness (QED) is 0.265. The maximum atomic E-state index is 10.5. The Morgan fingerprint density at radius 3 is 2.67 bits per heavy atom. The minimum atomic E-state index is -0.459. The summed E-state index contributed by atoms with van der Waals surface area (Å²) in [5, 5.41) is 0. The Hall–Kier alpha value is -1.64. The Labute approximate surface area is 71.0 Å². The second-order valence-corrected chi connectivity index (χ2v) is 1.78. The van der Waals surface area contributed by atoms with Gasteiger partial charge in [-0.2, -0.15) is 0 Å². The summed E-state index contributed by atoms with van der Waals surface area (Å²) in [6.07, 6.45) is 7.88. The van der Waals surface area contributed by atoms with Crippen LogP contribution in [0.15, 0.2) is 37.0 Å². The fraction of sp³-hybridized carbons (Fsp3) is 0.111. The molecule has 0 amide bonds. The summed E-state index contributed by atoms with van der Waals surface area (Å²) in [6.45, 7) is 3.42. The van der Waals surface area contributed by atoms with Gasteiger partial charge in [-0.05, 0) is 12.2 Å². The van der Waals surface area contributed by atoms with Gasteiger partial charge in [0.1, 0.15) is 12.9 Å². The molecule has 0 heterocycles. The first-order valence-corrected chi connectivity index (χ1v) is 3.37. The SMILES string of the molecule is C=CC(=O)OCC=CC=CC=O. The van der Waals surface area contributed by atoms with Crippen LogP contribution in [-0.2, 0) is 14.3 Å². The summed E-state index contributed by atoms with van der Waals surface area (Å²) in [5.74, 6) is -0.459. The first kappa shape index (κ1) is 10.4. The van der Waals surface area contributed by atoms with Gasteiger partial charge in [0.25, 0.3) is 0 Å². The van der Waals surface area contributed by atoms with Crippen LogP contribution in [0.2, 0.25) is 0 Å². The number of allylic oxidation sites excluding steroid dienone is 3. The smallest absolute Gasteiger partial charge is 0.330 e. The predicted octanol–water partition coefficient (Wildman–Crippen LogP) is 1.03. The first-order valence-electron chi connectivity index (χ1n) is 3.37. The van der Waals surface area contributed by atoms with Crippen molar-refractivity contribution in [2.45, 2.75) is 0 Å². The van der Waals surface area contributed by atoms with Crippen LogP contribution in [0, 0.1) is 0 Å². The van der Waals surface area contributed by atoms with Crippen molar-refractivity contribution in [3.05, 3.63) is 37.0 Å². The zero-order chi connectivity index (χ0) is 9.23. The maximum Gasteiger partial charge on any atom is 0.330 e. The van der Waals surface area contributed by atoms with Gasteiger partial charge in [-0.25, -0.2) is 4.79 Å². The van der Waals surface area contributed by atoms with E-state index in [0.717, 1.165) is 6.08 Å². The predicted molar refractivity (Wildman–Crippen MR) is 45.5 cm³/mol. The molecule has 0 atom stereocenters. The summed E-state index contributed by atoms with van der Waals surface area (Å²) >= 11 is 0. The van der Waals surface area contributed by atoms with Crippen molar-refractivity contribution in [1.29, 1.82) is 0 Å². The van der Waals surface area contributed by atoms with E-state index in [1.807, 2.05) is 0 Å². The number of aldehydes is 1. The van der Waals surface area contributed by atoms with Crippen molar-refractivity contribution in [3.8, 4) is 0 Å². The highest BCUT2D eigenvalue weighted by Crippen LogP contribution is 1.81. The molecule has 0 spiro atoms. The molecule has 3 heteroatoms. The van der Waals surface area contributed by atoms with E-state index in [0.29, 0.717) is 6.29 Å². The molecule has 0 saturated heterocycles. The maximum absolute atomic E-state index is 10.5. The van der Waals surface area contributed by atoms with E-state index < -0.39 is 5.97 Å². The minimum absolute atomic E-state index is 0.189. The van der Waals surface area contributed by atoms with Crippen molar-refractivity contribution in [3.63, 3.8) is 0 Å². The third-order valence-electron chi connectivity index (χ3n) is 0.925. The molecule has 64 valence electrons. The number of hydrogen-bond donors (Lipinski definition) is 0. The third kappa shape index (κ3) is 6.48. The van der Waals surface area contributed by atoms with E-state index in [2.05, 4.69) is 11.3 Å². The molecule has 0 aromatic rings. The van der Waals surface area contributed by atoms with Crippen LogP contribution in [0.5, 0.6) is 0 Å². The molecular weight excluding hydrogens is 156 g/mol.